The van der Waals surface area contributed by atoms with Gasteiger partial charge in [0.2, 0.25) is 0 Å². The van der Waals surface area contributed by atoms with Crippen molar-refractivity contribution >= 4 is 6.03 Å². The Morgan fingerprint density at radius 3 is 2.68 bits per heavy atom. The Labute approximate surface area is 133 Å². The Bertz CT molecular complexity index is 450. The number of rotatable bonds is 6. The number of hydrogen-bond donors (Lipinski definition) is 3. The van der Waals surface area contributed by atoms with Crippen molar-refractivity contribution in [2.45, 2.75) is 51.0 Å². The molecule has 1 aliphatic rings. The van der Waals surface area contributed by atoms with Crippen LogP contribution in [-0.2, 0) is 0 Å². The fraction of sp³-hybridized carbons (Fsp3) is 0.611. The van der Waals surface area contributed by atoms with E-state index in [-0.39, 0.29) is 18.6 Å². The van der Waals surface area contributed by atoms with Gasteiger partial charge in [0.05, 0.1) is 0 Å². The van der Waals surface area contributed by atoms with Crippen molar-refractivity contribution in [1.29, 1.82) is 0 Å². The van der Waals surface area contributed by atoms with E-state index in [0.29, 0.717) is 24.9 Å². The number of carbonyl (C=O) groups is 1. The molecule has 0 aliphatic heterocycles. The molecule has 3 unspecified atom stereocenters. The Hall–Kier alpha value is -1.55. The maximum absolute atomic E-state index is 12.1. The molecule has 1 aromatic carbocycles. The molecule has 3 N–H and O–H groups in total. The zero-order valence-electron chi connectivity index (χ0n) is 13.4. The average Bonchev–Trinajstić information content (AvgIpc) is 2.54. The van der Waals surface area contributed by atoms with Gasteiger partial charge < -0.3 is 15.7 Å². The minimum Gasteiger partial charge on any atom is -0.396 e. The topological polar surface area (TPSA) is 61.4 Å². The van der Waals surface area contributed by atoms with Crippen molar-refractivity contribution in [3.05, 3.63) is 35.9 Å². The summed E-state index contributed by atoms with van der Waals surface area (Å²) in [6.07, 6.45) is 5.40. The normalized spacial score (nSPS) is 22.8. The van der Waals surface area contributed by atoms with E-state index in [1.165, 1.54) is 19.3 Å². The van der Waals surface area contributed by atoms with Crippen molar-refractivity contribution in [3.63, 3.8) is 0 Å². The molecule has 1 fully saturated rings. The van der Waals surface area contributed by atoms with Crippen molar-refractivity contribution in [2.24, 2.45) is 5.92 Å². The molecule has 1 saturated carbocycles. The van der Waals surface area contributed by atoms with Gasteiger partial charge in [0.1, 0.15) is 0 Å². The highest BCUT2D eigenvalue weighted by atomic mass is 16.3. The van der Waals surface area contributed by atoms with E-state index in [4.69, 9.17) is 0 Å². The van der Waals surface area contributed by atoms with Crippen LogP contribution in [0.3, 0.4) is 0 Å². The van der Waals surface area contributed by atoms with Crippen molar-refractivity contribution in [3.8, 4) is 0 Å². The molecule has 0 spiro atoms. The Morgan fingerprint density at radius 1 is 1.27 bits per heavy atom. The smallest absolute Gasteiger partial charge is 0.315 e. The lowest BCUT2D eigenvalue weighted by Crippen LogP contribution is -2.47. The Kier molecular flexibility index (Phi) is 6.72. The number of benzene rings is 1. The van der Waals surface area contributed by atoms with E-state index >= 15 is 0 Å². The van der Waals surface area contributed by atoms with Gasteiger partial charge in [-0.05, 0) is 30.7 Å². The van der Waals surface area contributed by atoms with Crippen LogP contribution in [0, 0.1) is 5.92 Å². The zero-order valence-corrected chi connectivity index (χ0v) is 13.4. The predicted octanol–water partition coefficient (Wildman–Crippen LogP) is 3.03. The molecule has 3 atom stereocenters. The first kappa shape index (κ1) is 16.8. The number of hydrogen-bond acceptors (Lipinski definition) is 2. The highest BCUT2D eigenvalue weighted by molar-refractivity contribution is 5.74. The quantitative estimate of drug-likeness (QED) is 0.756. The molecule has 22 heavy (non-hydrogen) atoms. The lowest BCUT2D eigenvalue weighted by Gasteiger charge is -2.29. The molecule has 0 bridgehead atoms. The average molecular weight is 304 g/mol. The molecule has 1 aromatic rings. The van der Waals surface area contributed by atoms with Crippen LogP contribution in [0.2, 0.25) is 0 Å². The largest absolute Gasteiger partial charge is 0.396 e. The SMILES string of the molecule is CC1CCCCC1NC(=O)NCC(CCO)c1ccccc1. The van der Waals surface area contributed by atoms with Gasteiger partial charge in [0.25, 0.3) is 0 Å². The van der Waals surface area contributed by atoms with Gasteiger partial charge >= 0.3 is 6.03 Å². The summed E-state index contributed by atoms with van der Waals surface area (Å²) in [5.41, 5.74) is 1.16. The summed E-state index contributed by atoms with van der Waals surface area (Å²) in [6.45, 7) is 2.89. The number of aliphatic hydroxyl groups excluding tert-OH is 1. The van der Waals surface area contributed by atoms with Crippen LogP contribution in [0.4, 0.5) is 4.79 Å². The van der Waals surface area contributed by atoms with Crippen molar-refractivity contribution in [2.75, 3.05) is 13.2 Å². The summed E-state index contributed by atoms with van der Waals surface area (Å²) >= 11 is 0. The fourth-order valence-corrected chi connectivity index (χ4v) is 3.23. The number of amides is 2. The third kappa shape index (κ3) is 5.02. The van der Waals surface area contributed by atoms with Gasteiger partial charge in [-0.15, -0.1) is 0 Å². The summed E-state index contributed by atoms with van der Waals surface area (Å²) in [5.74, 6) is 0.711. The van der Waals surface area contributed by atoms with E-state index in [1.807, 2.05) is 30.3 Å². The molecular weight excluding hydrogens is 276 g/mol. The van der Waals surface area contributed by atoms with Crippen LogP contribution in [0.25, 0.3) is 0 Å². The highest BCUT2D eigenvalue weighted by Gasteiger charge is 2.23. The molecule has 2 amide bonds. The van der Waals surface area contributed by atoms with E-state index in [0.717, 1.165) is 12.0 Å². The summed E-state index contributed by atoms with van der Waals surface area (Å²) in [4.78, 5) is 12.1. The minimum atomic E-state index is -0.0855. The Morgan fingerprint density at radius 2 is 2.00 bits per heavy atom. The lowest BCUT2D eigenvalue weighted by atomic mass is 9.86. The number of carbonyl (C=O) groups excluding carboxylic acids is 1. The van der Waals surface area contributed by atoms with Crippen molar-refractivity contribution < 1.29 is 9.90 Å². The molecule has 0 aromatic heterocycles. The summed E-state index contributed by atoms with van der Waals surface area (Å²) in [6, 6.07) is 10.3. The number of nitrogens with one attached hydrogen (secondary N) is 2. The first-order chi connectivity index (χ1) is 10.7. The molecular formula is C18H28N2O2. The molecule has 0 saturated heterocycles. The van der Waals surface area contributed by atoms with Gasteiger partial charge in [-0.2, -0.15) is 0 Å². The van der Waals surface area contributed by atoms with Crippen LogP contribution >= 0.6 is 0 Å². The van der Waals surface area contributed by atoms with E-state index < -0.39 is 0 Å². The molecule has 122 valence electrons. The summed E-state index contributed by atoms with van der Waals surface area (Å²) in [7, 11) is 0. The maximum Gasteiger partial charge on any atom is 0.315 e. The summed E-state index contributed by atoms with van der Waals surface area (Å²) < 4.78 is 0. The highest BCUT2D eigenvalue weighted by Crippen LogP contribution is 2.23. The van der Waals surface area contributed by atoms with Gasteiger partial charge in [-0.3, -0.25) is 0 Å². The van der Waals surface area contributed by atoms with Crippen LogP contribution in [-0.4, -0.2) is 30.3 Å². The van der Waals surface area contributed by atoms with Gasteiger partial charge in [0.15, 0.2) is 0 Å². The second-order valence-electron chi connectivity index (χ2n) is 6.34. The first-order valence-electron chi connectivity index (χ1n) is 8.41. The minimum absolute atomic E-state index is 0.0855. The Balaban J connectivity index is 1.82. The maximum atomic E-state index is 12.1. The number of aliphatic hydroxyl groups is 1. The lowest BCUT2D eigenvalue weighted by molar-refractivity contribution is 0.219. The van der Waals surface area contributed by atoms with Gasteiger partial charge in [0, 0.05) is 25.1 Å². The summed E-state index contributed by atoms with van der Waals surface area (Å²) in [5, 5.41) is 15.3. The van der Waals surface area contributed by atoms with E-state index in [9.17, 15) is 9.90 Å². The second-order valence-corrected chi connectivity index (χ2v) is 6.34. The van der Waals surface area contributed by atoms with Gasteiger partial charge in [-0.25, -0.2) is 4.79 Å². The van der Waals surface area contributed by atoms with Gasteiger partial charge in [-0.1, -0.05) is 50.1 Å². The molecule has 4 nitrogen and oxygen atoms in total. The predicted molar refractivity (Wildman–Crippen MR) is 88.8 cm³/mol. The molecule has 0 heterocycles. The van der Waals surface area contributed by atoms with Crippen molar-refractivity contribution in [1.82, 2.24) is 10.6 Å². The van der Waals surface area contributed by atoms with Crippen LogP contribution in [0.15, 0.2) is 30.3 Å². The third-order valence-electron chi connectivity index (χ3n) is 4.69. The zero-order chi connectivity index (χ0) is 15.8. The fourth-order valence-electron chi connectivity index (χ4n) is 3.23. The monoisotopic (exact) mass is 304 g/mol. The first-order valence-corrected chi connectivity index (χ1v) is 8.41. The van der Waals surface area contributed by atoms with Crippen LogP contribution in [0.5, 0.6) is 0 Å². The molecule has 2 rings (SSSR count). The van der Waals surface area contributed by atoms with Crippen LogP contribution < -0.4 is 10.6 Å². The molecule has 4 heteroatoms. The third-order valence-corrected chi connectivity index (χ3v) is 4.69. The van der Waals surface area contributed by atoms with E-state index in [2.05, 4.69) is 17.6 Å². The molecule has 1 aliphatic carbocycles. The molecule has 0 radical (unpaired) electrons. The number of urea groups is 1. The van der Waals surface area contributed by atoms with E-state index in [1.54, 1.807) is 0 Å². The van der Waals surface area contributed by atoms with Crippen LogP contribution in [0.1, 0.15) is 50.5 Å². The standard InChI is InChI=1S/C18H28N2O2/c1-14-7-5-6-10-17(14)20-18(22)19-13-16(11-12-21)15-8-3-2-4-9-15/h2-4,8-9,14,16-17,21H,5-7,10-13H2,1H3,(H2,19,20,22). The second kappa shape index (κ2) is 8.79.